The third-order valence-corrected chi connectivity index (χ3v) is 3.12. The fraction of sp³-hybridized carbons (Fsp3) is 0.400. The van der Waals surface area contributed by atoms with E-state index in [1.807, 2.05) is 12.1 Å². The highest BCUT2D eigenvalue weighted by Crippen LogP contribution is 2.18. The van der Waals surface area contributed by atoms with Crippen molar-refractivity contribution in [3.05, 3.63) is 29.3 Å². The summed E-state index contributed by atoms with van der Waals surface area (Å²) in [6.45, 7) is 2.20. The Bertz CT molecular complexity index is 257. The molecule has 0 aliphatic carbocycles. The summed E-state index contributed by atoms with van der Waals surface area (Å²) in [5.74, 6) is 0. The van der Waals surface area contributed by atoms with Gasteiger partial charge in [0, 0.05) is 32.7 Å². The zero-order valence-electron chi connectivity index (χ0n) is 7.72. The van der Waals surface area contributed by atoms with Gasteiger partial charge in [0.25, 0.3) is 0 Å². The number of nitrogens with zero attached hydrogens (tertiary/aromatic N) is 1. The van der Waals surface area contributed by atoms with Crippen LogP contribution in [0.4, 0.5) is 5.69 Å². The van der Waals surface area contributed by atoms with Crippen LogP contribution in [0.15, 0.2) is 24.3 Å². The summed E-state index contributed by atoms with van der Waals surface area (Å²) < 4.78 is 2.30. The molecule has 0 amide bonds. The smallest absolute Gasteiger partial charge is 0.0407 e. The number of halogens is 3. The van der Waals surface area contributed by atoms with E-state index in [-0.39, 0.29) is 0 Å². The lowest BCUT2D eigenvalue weighted by Crippen LogP contribution is -2.27. The van der Waals surface area contributed by atoms with E-state index in [4.69, 9.17) is 11.6 Å². The molecule has 0 saturated carbocycles. The first-order chi connectivity index (χ1) is 6.77. The summed E-state index contributed by atoms with van der Waals surface area (Å²) in [5.41, 5.74) is 1.27. The molecule has 0 aliphatic heterocycles. The molecule has 0 radical (unpaired) electrons. The zero-order valence-corrected chi connectivity index (χ0v) is 12.8. The predicted octanol–water partition coefficient (Wildman–Crippen LogP) is 4.02. The Morgan fingerprint density at radius 3 is 1.93 bits per heavy atom. The predicted molar refractivity (Wildman–Crippen MR) is 81.4 cm³/mol. The molecule has 0 aliphatic rings. The summed E-state index contributed by atoms with van der Waals surface area (Å²) in [4.78, 5) is 2.38. The standard InChI is InChI=1S/C10H12ClI2N/c11-9-1-3-10(4-2-9)14(7-5-12)8-6-13/h1-4H,5-8H2. The maximum absolute atomic E-state index is 5.85. The van der Waals surface area contributed by atoms with Gasteiger partial charge in [0.15, 0.2) is 0 Å². The van der Waals surface area contributed by atoms with Crippen molar-refractivity contribution in [3.63, 3.8) is 0 Å². The molecule has 0 atom stereocenters. The van der Waals surface area contributed by atoms with E-state index >= 15 is 0 Å². The van der Waals surface area contributed by atoms with Crippen molar-refractivity contribution >= 4 is 62.5 Å². The first-order valence-electron chi connectivity index (χ1n) is 4.40. The average Bonchev–Trinajstić information content (AvgIpc) is 2.19. The van der Waals surface area contributed by atoms with Crippen molar-refractivity contribution in [3.8, 4) is 0 Å². The largest absolute Gasteiger partial charge is 0.370 e. The van der Waals surface area contributed by atoms with Crippen LogP contribution >= 0.6 is 56.8 Å². The van der Waals surface area contributed by atoms with Crippen LogP contribution in [-0.2, 0) is 0 Å². The van der Waals surface area contributed by atoms with Gasteiger partial charge >= 0.3 is 0 Å². The minimum Gasteiger partial charge on any atom is -0.370 e. The maximum atomic E-state index is 5.85. The molecule has 1 aromatic rings. The van der Waals surface area contributed by atoms with Crippen molar-refractivity contribution < 1.29 is 0 Å². The summed E-state index contributed by atoms with van der Waals surface area (Å²) >= 11 is 10.7. The molecule has 1 nitrogen and oxygen atoms in total. The lowest BCUT2D eigenvalue weighted by atomic mass is 10.3. The van der Waals surface area contributed by atoms with Crippen LogP contribution in [0.1, 0.15) is 0 Å². The highest BCUT2D eigenvalue weighted by atomic mass is 127. The van der Waals surface area contributed by atoms with E-state index in [1.165, 1.54) is 5.69 Å². The second-order valence-electron chi connectivity index (χ2n) is 2.84. The molecule has 14 heavy (non-hydrogen) atoms. The Labute approximate surface area is 117 Å². The number of anilines is 1. The topological polar surface area (TPSA) is 3.24 Å². The lowest BCUT2D eigenvalue weighted by Gasteiger charge is -2.22. The molecule has 4 heteroatoms. The van der Waals surface area contributed by atoms with Crippen molar-refractivity contribution in [1.29, 1.82) is 0 Å². The zero-order chi connectivity index (χ0) is 10.4. The van der Waals surface area contributed by atoms with Crippen LogP contribution in [0.3, 0.4) is 0 Å². The second-order valence-corrected chi connectivity index (χ2v) is 5.44. The van der Waals surface area contributed by atoms with Crippen LogP contribution in [-0.4, -0.2) is 21.9 Å². The summed E-state index contributed by atoms with van der Waals surface area (Å²) in [5, 5.41) is 0.803. The number of hydrogen-bond acceptors (Lipinski definition) is 1. The average molecular weight is 435 g/mol. The number of rotatable bonds is 5. The van der Waals surface area contributed by atoms with Gasteiger partial charge in [-0.1, -0.05) is 56.8 Å². The van der Waals surface area contributed by atoms with Crippen molar-refractivity contribution in [2.75, 3.05) is 26.8 Å². The van der Waals surface area contributed by atoms with Gasteiger partial charge in [-0.05, 0) is 24.3 Å². The van der Waals surface area contributed by atoms with E-state index in [2.05, 4.69) is 62.2 Å². The molecule has 0 unspecified atom stereocenters. The molecule has 0 bridgehead atoms. The fourth-order valence-electron chi connectivity index (χ4n) is 1.23. The fourth-order valence-corrected chi connectivity index (χ4v) is 2.52. The monoisotopic (exact) mass is 435 g/mol. The van der Waals surface area contributed by atoms with Gasteiger partial charge in [0.05, 0.1) is 0 Å². The van der Waals surface area contributed by atoms with Gasteiger partial charge in [-0.2, -0.15) is 0 Å². The Balaban J connectivity index is 2.71. The van der Waals surface area contributed by atoms with Gasteiger partial charge < -0.3 is 4.90 Å². The van der Waals surface area contributed by atoms with Gasteiger partial charge in [0.1, 0.15) is 0 Å². The first-order valence-corrected chi connectivity index (χ1v) is 7.83. The number of benzene rings is 1. The highest BCUT2D eigenvalue weighted by molar-refractivity contribution is 14.1. The molecular formula is C10H12ClI2N. The quantitative estimate of drug-likeness (QED) is 0.499. The molecule has 0 N–H and O–H groups in total. The van der Waals surface area contributed by atoms with Crippen molar-refractivity contribution in [2.24, 2.45) is 0 Å². The molecule has 0 saturated heterocycles. The van der Waals surface area contributed by atoms with Crippen molar-refractivity contribution in [2.45, 2.75) is 0 Å². The first kappa shape index (κ1) is 12.8. The summed E-state index contributed by atoms with van der Waals surface area (Å²) in [7, 11) is 0. The van der Waals surface area contributed by atoms with Gasteiger partial charge in [-0.25, -0.2) is 0 Å². The Morgan fingerprint density at radius 2 is 1.50 bits per heavy atom. The molecule has 0 fully saturated rings. The molecule has 78 valence electrons. The van der Waals surface area contributed by atoms with Gasteiger partial charge in [0.2, 0.25) is 0 Å². The van der Waals surface area contributed by atoms with Crippen LogP contribution in [0, 0.1) is 0 Å². The molecular weight excluding hydrogens is 423 g/mol. The van der Waals surface area contributed by atoms with Crippen LogP contribution in [0.25, 0.3) is 0 Å². The van der Waals surface area contributed by atoms with Crippen molar-refractivity contribution in [1.82, 2.24) is 0 Å². The van der Waals surface area contributed by atoms with Crippen LogP contribution in [0.2, 0.25) is 5.02 Å². The SMILES string of the molecule is Clc1ccc(N(CCI)CCI)cc1. The third-order valence-electron chi connectivity index (χ3n) is 1.90. The number of hydrogen-bond donors (Lipinski definition) is 0. The minimum absolute atomic E-state index is 0.803. The minimum atomic E-state index is 0.803. The molecule has 1 aromatic carbocycles. The molecule has 0 spiro atoms. The van der Waals surface area contributed by atoms with Gasteiger partial charge in [-0.15, -0.1) is 0 Å². The third kappa shape index (κ3) is 4.10. The van der Waals surface area contributed by atoms with E-state index in [0.717, 1.165) is 27.0 Å². The Kier molecular flexibility index (Phi) is 6.52. The van der Waals surface area contributed by atoms with E-state index in [1.54, 1.807) is 0 Å². The normalized spacial score (nSPS) is 10.2. The Morgan fingerprint density at radius 1 is 1.00 bits per heavy atom. The molecule has 0 aromatic heterocycles. The summed E-state index contributed by atoms with van der Waals surface area (Å²) in [6.07, 6.45) is 0. The van der Waals surface area contributed by atoms with Crippen LogP contribution < -0.4 is 4.90 Å². The van der Waals surface area contributed by atoms with E-state index < -0.39 is 0 Å². The maximum Gasteiger partial charge on any atom is 0.0407 e. The van der Waals surface area contributed by atoms with Crippen LogP contribution in [0.5, 0.6) is 0 Å². The molecule has 1 rings (SSSR count). The Hall–Kier alpha value is 0.770. The molecule has 0 heterocycles. The lowest BCUT2D eigenvalue weighted by molar-refractivity contribution is 0.892. The number of alkyl halides is 2. The second kappa shape index (κ2) is 7.11. The highest BCUT2D eigenvalue weighted by Gasteiger charge is 2.03. The summed E-state index contributed by atoms with van der Waals surface area (Å²) in [6, 6.07) is 8.07. The van der Waals surface area contributed by atoms with E-state index in [0.29, 0.717) is 0 Å². The van der Waals surface area contributed by atoms with E-state index in [9.17, 15) is 0 Å². The van der Waals surface area contributed by atoms with Gasteiger partial charge in [-0.3, -0.25) is 0 Å².